The summed E-state index contributed by atoms with van der Waals surface area (Å²) in [6, 6.07) is 3.47. The average Bonchev–Trinajstić information content (AvgIpc) is 2.89. The van der Waals surface area contributed by atoms with Crippen molar-refractivity contribution in [2.24, 2.45) is 0 Å². The van der Waals surface area contributed by atoms with Gasteiger partial charge in [0, 0.05) is 28.1 Å². The van der Waals surface area contributed by atoms with Crippen molar-refractivity contribution >= 4 is 41.9 Å². The molecule has 118 valence electrons. The van der Waals surface area contributed by atoms with Gasteiger partial charge in [-0.3, -0.25) is 0 Å². The lowest BCUT2D eigenvalue weighted by Gasteiger charge is -2.24. The number of rotatable bonds is 5. The molecule has 0 radical (unpaired) electrons. The van der Waals surface area contributed by atoms with Gasteiger partial charge in [-0.2, -0.15) is 4.31 Å². The van der Waals surface area contributed by atoms with E-state index in [1.165, 1.54) is 0 Å². The second-order valence-corrected chi connectivity index (χ2v) is 8.88. The van der Waals surface area contributed by atoms with Gasteiger partial charge in [0.15, 0.2) is 0 Å². The number of sulfonamides is 1. The molecule has 1 saturated heterocycles. The quantitative estimate of drug-likeness (QED) is 0.762. The summed E-state index contributed by atoms with van der Waals surface area (Å²) in [6.45, 7) is 2.58. The van der Waals surface area contributed by atoms with E-state index in [1.807, 2.05) is 13.0 Å². The zero-order valence-electron chi connectivity index (χ0n) is 11.8. The first-order valence-electron chi connectivity index (χ1n) is 6.96. The third-order valence-electron chi connectivity index (χ3n) is 3.82. The molecule has 1 aliphatic rings. The first kappa shape index (κ1) is 17.4. The Morgan fingerprint density at radius 2 is 2.05 bits per heavy atom. The normalized spacial score (nSPS) is 20.1. The molecule has 1 N–H and O–H groups in total. The molecule has 0 aromatic heterocycles. The fourth-order valence-corrected chi connectivity index (χ4v) is 6.06. The summed E-state index contributed by atoms with van der Waals surface area (Å²) in [5, 5.41) is 8.96. The molecular formula is C14H19Br2NO3S. The number of hydrogen-bond acceptors (Lipinski definition) is 3. The van der Waals surface area contributed by atoms with Crippen molar-refractivity contribution in [3.05, 3.63) is 26.6 Å². The zero-order valence-corrected chi connectivity index (χ0v) is 15.8. The SMILES string of the molecule is Cc1cc(Br)c(S(=O)(=O)N2CCCC2CCCO)cc1Br. The van der Waals surface area contributed by atoms with E-state index in [2.05, 4.69) is 31.9 Å². The molecule has 1 aromatic carbocycles. The van der Waals surface area contributed by atoms with Crippen LogP contribution in [0.15, 0.2) is 26.0 Å². The van der Waals surface area contributed by atoms with E-state index >= 15 is 0 Å². The van der Waals surface area contributed by atoms with Crippen LogP contribution in [0.25, 0.3) is 0 Å². The van der Waals surface area contributed by atoms with Crippen LogP contribution in [0.2, 0.25) is 0 Å². The number of benzene rings is 1. The Kier molecular flexibility index (Phi) is 5.87. The highest BCUT2D eigenvalue weighted by molar-refractivity contribution is 9.11. The molecule has 1 heterocycles. The number of aryl methyl sites for hydroxylation is 1. The number of halogens is 2. The van der Waals surface area contributed by atoms with Crippen molar-refractivity contribution in [3.63, 3.8) is 0 Å². The summed E-state index contributed by atoms with van der Waals surface area (Å²) in [5.41, 5.74) is 0.985. The molecule has 4 nitrogen and oxygen atoms in total. The van der Waals surface area contributed by atoms with Crippen molar-refractivity contribution < 1.29 is 13.5 Å². The zero-order chi connectivity index (χ0) is 15.6. The largest absolute Gasteiger partial charge is 0.396 e. The van der Waals surface area contributed by atoms with E-state index in [0.717, 1.165) is 22.9 Å². The molecule has 1 aromatic rings. The van der Waals surface area contributed by atoms with E-state index in [0.29, 0.717) is 28.8 Å². The summed E-state index contributed by atoms with van der Waals surface area (Å²) in [4.78, 5) is 0.302. The fraction of sp³-hybridized carbons (Fsp3) is 0.571. The summed E-state index contributed by atoms with van der Waals surface area (Å²) < 4.78 is 28.8. The second-order valence-electron chi connectivity index (χ2n) is 5.31. The van der Waals surface area contributed by atoms with Crippen LogP contribution >= 0.6 is 31.9 Å². The third kappa shape index (κ3) is 3.69. The van der Waals surface area contributed by atoms with Crippen LogP contribution in [0.4, 0.5) is 0 Å². The number of hydrogen-bond donors (Lipinski definition) is 1. The standard InChI is InChI=1S/C14H19Br2NO3S/c1-10-8-13(16)14(9-12(10)15)21(19,20)17-6-2-4-11(17)5-3-7-18/h8-9,11,18H,2-7H2,1H3. The number of aliphatic hydroxyl groups excluding tert-OH is 1. The maximum atomic E-state index is 12.9. The van der Waals surface area contributed by atoms with Crippen LogP contribution in [0.3, 0.4) is 0 Å². The Labute approximate surface area is 142 Å². The van der Waals surface area contributed by atoms with Crippen LogP contribution in [0, 0.1) is 6.92 Å². The molecule has 0 saturated carbocycles. The van der Waals surface area contributed by atoms with Gasteiger partial charge in [0.25, 0.3) is 0 Å². The van der Waals surface area contributed by atoms with Crippen LogP contribution in [0.5, 0.6) is 0 Å². The van der Waals surface area contributed by atoms with E-state index in [1.54, 1.807) is 10.4 Å². The lowest BCUT2D eigenvalue weighted by atomic mass is 10.1. The molecule has 0 amide bonds. The fourth-order valence-electron chi connectivity index (χ4n) is 2.69. The van der Waals surface area contributed by atoms with Crippen LogP contribution in [-0.2, 0) is 10.0 Å². The maximum absolute atomic E-state index is 12.9. The Balaban J connectivity index is 2.35. The smallest absolute Gasteiger partial charge is 0.244 e. The predicted octanol–water partition coefficient (Wildman–Crippen LogP) is 3.45. The second kappa shape index (κ2) is 7.08. The van der Waals surface area contributed by atoms with Crippen LogP contribution in [0.1, 0.15) is 31.2 Å². The van der Waals surface area contributed by atoms with Gasteiger partial charge in [0.2, 0.25) is 10.0 Å². The number of nitrogens with zero attached hydrogens (tertiary/aromatic N) is 1. The highest BCUT2D eigenvalue weighted by atomic mass is 79.9. The molecule has 0 aliphatic carbocycles. The van der Waals surface area contributed by atoms with Gasteiger partial charge < -0.3 is 5.11 Å². The van der Waals surface area contributed by atoms with E-state index in [-0.39, 0.29) is 12.6 Å². The summed E-state index contributed by atoms with van der Waals surface area (Å²) in [5.74, 6) is 0. The van der Waals surface area contributed by atoms with Gasteiger partial charge in [-0.05, 0) is 66.2 Å². The Morgan fingerprint density at radius 1 is 1.33 bits per heavy atom. The van der Waals surface area contributed by atoms with Gasteiger partial charge in [0.1, 0.15) is 0 Å². The van der Waals surface area contributed by atoms with Crippen LogP contribution in [-0.4, -0.2) is 37.0 Å². The minimum Gasteiger partial charge on any atom is -0.396 e. The molecular weight excluding hydrogens is 422 g/mol. The van der Waals surface area contributed by atoms with Gasteiger partial charge in [-0.15, -0.1) is 0 Å². The molecule has 7 heteroatoms. The van der Waals surface area contributed by atoms with Gasteiger partial charge in [0.05, 0.1) is 4.90 Å². The van der Waals surface area contributed by atoms with Gasteiger partial charge in [-0.25, -0.2) is 8.42 Å². The highest BCUT2D eigenvalue weighted by Crippen LogP contribution is 2.34. The van der Waals surface area contributed by atoms with Crippen molar-refractivity contribution in [3.8, 4) is 0 Å². The van der Waals surface area contributed by atoms with Crippen molar-refractivity contribution in [1.82, 2.24) is 4.31 Å². The molecule has 0 spiro atoms. The Morgan fingerprint density at radius 3 is 2.71 bits per heavy atom. The van der Waals surface area contributed by atoms with Gasteiger partial charge in [-0.1, -0.05) is 15.9 Å². The molecule has 21 heavy (non-hydrogen) atoms. The first-order valence-corrected chi connectivity index (χ1v) is 9.99. The summed E-state index contributed by atoms with van der Waals surface area (Å²) in [6.07, 6.45) is 3.08. The highest BCUT2D eigenvalue weighted by Gasteiger charge is 2.36. The molecule has 1 aliphatic heterocycles. The average molecular weight is 441 g/mol. The monoisotopic (exact) mass is 439 g/mol. The minimum absolute atomic E-state index is 0.00544. The topological polar surface area (TPSA) is 57.6 Å². The van der Waals surface area contributed by atoms with Crippen LogP contribution < -0.4 is 0 Å². The lowest BCUT2D eigenvalue weighted by Crippen LogP contribution is -2.35. The van der Waals surface area contributed by atoms with Gasteiger partial charge >= 0.3 is 0 Å². The predicted molar refractivity (Wildman–Crippen MR) is 89.8 cm³/mol. The van der Waals surface area contributed by atoms with Crippen molar-refractivity contribution in [1.29, 1.82) is 0 Å². The summed E-state index contributed by atoms with van der Waals surface area (Å²) in [7, 11) is -3.51. The minimum atomic E-state index is -3.51. The molecule has 1 fully saturated rings. The summed E-state index contributed by atoms with van der Waals surface area (Å²) >= 11 is 6.77. The van der Waals surface area contributed by atoms with Crippen molar-refractivity contribution in [2.45, 2.75) is 43.5 Å². The van der Waals surface area contributed by atoms with E-state index in [4.69, 9.17) is 5.11 Å². The Hall–Kier alpha value is 0.0500. The maximum Gasteiger partial charge on any atom is 0.244 e. The molecule has 1 unspecified atom stereocenters. The molecule has 1 atom stereocenters. The Bertz CT molecular complexity index is 619. The third-order valence-corrected chi connectivity index (χ3v) is 7.58. The number of aliphatic hydroxyl groups is 1. The molecule has 2 rings (SSSR count). The van der Waals surface area contributed by atoms with Crippen molar-refractivity contribution in [2.75, 3.05) is 13.2 Å². The van der Waals surface area contributed by atoms with E-state index < -0.39 is 10.0 Å². The molecule has 0 bridgehead atoms. The first-order chi connectivity index (χ1) is 9.87. The lowest BCUT2D eigenvalue weighted by molar-refractivity contribution is 0.264. The van der Waals surface area contributed by atoms with E-state index in [9.17, 15) is 8.42 Å².